The number of hydrogen-bond acceptors (Lipinski definition) is 5. The molecule has 0 unspecified atom stereocenters. The Morgan fingerprint density at radius 2 is 1.63 bits per heavy atom. The lowest BCUT2D eigenvalue weighted by Gasteiger charge is -2.36. The molecule has 1 fully saturated rings. The molecule has 5 rings (SSSR count). The third-order valence-corrected chi connectivity index (χ3v) is 6.72. The number of anilines is 1. The number of piperazine rings is 1. The summed E-state index contributed by atoms with van der Waals surface area (Å²) in [6, 6.07) is 23.4. The average Bonchev–Trinajstić information content (AvgIpc) is 3.39. The summed E-state index contributed by atoms with van der Waals surface area (Å²) in [5.74, 6) is -0.850. The van der Waals surface area contributed by atoms with Crippen LogP contribution in [0.3, 0.4) is 0 Å². The molecular formula is C30H29FN4O3. The van der Waals surface area contributed by atoms with Gasteiger partial charge in [0.05, 0.1) is 18.0 Å². The van der Waals surface area contributed by atoms with Crippen LogP contribution in [0, 0.1) is 12.7 Å². The first kappa shape index (κ1) is 25.2. The van der Waals surface area contributed by atoms with Crippen LogP contribution in [0.4, 0.5) is 10.1 Å². The number of ether oxygens (including phenoxy) is 1. The van der Waals surface area contributed by atoms with Crippen LogP contribution in [0.5, 0.6) is 0 Å². The van der Waals surface area contributed by atoms with Gasteiger partial charge in [-0.1, -0.05) is 36.4 Å². The van der Waals surface area contributed by atoms with Crippen LogP contribution < -0.4 is 4.90 Å². The van der Waals surface area contributed by atoms with Crippen molar-refractivity contribution in [3.63, 3.8) is 0 Å². The lowest BCUT2D eigenvalue weighted by Crippen LogP contribution is -2.48. The van der Waals surface area contributed by atoms with Gasteiger partial charge in [0.25, 0.3) is 5.91 Å². The van der Waals surface area contributed by atoms with E-state index in [0.29, 0.717) is 24.5 Å². The number of benzene rings is 3. The molecule has 7 nitrogen and oxygen atoms in total. The number of aryl methyl sites for hydroxylation is 1. The lowest BCUT2D eigenvalue weighted by molar-refractivity contribution is 0.0518. The van der Waals surface area contributed by atoms with E-state index in [-0.39, 0.29) is 18.2 Å². The van der Waals surface area contributed by atoms with E-state index >= 15 is 0 Å². The summed E-state index contributed by atoms with van der Waals surface area (Å²) in [5.41, 5.74) is 4.92. The summed E-state index contributed by atoms with van der Waals surface area (Å²) in [6.45, 7) is 6.67. The van der Waals surface area contributed by atoms with Crippen molar-refractivity contribution in [3.8, 4) is 16.9 Å². The van der Waals surface area contributed by atoms with Gasteiger partial charge in [-0.25, -0.2) is 13.9 Å². The molecule has 0 N–H and O–H groups in total. The molecule has 1 aromatic heterocycles. The highest BCUT2D eigenvalue weighted by molar-refractivity contribution is 5.95. The van der Waals surface area contributed by atoms with E-state index in [9.17, 15) is 14.0 Å². The summed E-state index contributed by atoms with van der Waals surface area (Å²) in [4.78, 5) is 29.5. The van der Waals surface area contributed by atoms with E-state index in [1.165, 1.54) is 12.1 Å². The fourth-order valence-corrected chi connectivity index (χ4v) is 4.69. The minimum Gasteiger partial charge on any atom is -0.461 e. The summed E-state index contributed by atoms with van der Waals surface area (Å²) in [7, 11) is 0. The minimum atomic E-state index is -0.529. The number of aromatic nitrogens is 2. The lowest BCUT2D eigenvalue weighted by atomic mass is 10.1. The second-order valence-corrected chi connectivity index (χ2v) is 9.17. The van der Waals surface area contributed by atoms with Crippen molar-refractivity contribution in [2.75, 3.05) is 37.7 Å². The van der Waals surface area contributed by atoms with Gasteiger partial charge in [0.1, 0.15) is 5.82 Å². The van der Waals surface area contributed by atoms with Crippen molar-refractivity contribution in [2.45, 2.75) is 13.8 Å². The van der Waals surface area contributed by atoms with Gasteiger partial charge in [-0.15, -0.1) is 0 Å². The van der Waals surface area contributed by atoms with Crippen molar-refractivity contribution in [2.24, 2.45) is 0 Å². The van der Waals surface area contributed by atoms with E-state index in [0.717, 1.165) is 35.5 Å². The van der Waals surface area contributed by atoms with E-state index in [2.05, 4.69) is 10.00 Å². The smallest absolute Gasteiger partial charge is 0.358 e. The highest BCUT2D eigenvalue weighted by Gasteiger charge is 2.24. The van der Waals surface area contributed by atoms with E-state index in [1.54, 1.807) is 29.8 Å². The van der Waals surface area contributed by atoms with Crippen LogP contribution in [0.2, 0.25) is 0 Å². The molecule has 194 valence electrons. The molecule has 2 heterocycles. The molecule has 0 bridgehead atoms. The summed E-state index contributed by atoms with van der Waals surface area (Å²) in [5, 5.41) is 4.41. The second-order valence-electron chi connectivity index (χ2n) is 9.17. The Bertz CT molecular complexity index is 1460. The molecule has 3 aromatic carbocycles. The predicted molar refractivity (Wildman–Crippen MR) is 144 cm³/mol. The molecule has 0 radical (unpaired) electrons. The molecule has 1 aliphatic rings. The van der Waals surface area contributed by atoms with Gasteiger partial charge in [-0.3, -0.25) is 4.79 Å². The van der Waals surface area contributed by atoms with E-state index in [4.69, 9.17) is 4.74 Å². The number of esters is 1. The van der Waals surface area contributed by atoms with Gasteiger partial charge in [0.15, 0.2) is 5.69 Å². The van der Waals surface area contributed by atoms with Gasteiger partial charge in [0.2, 0.25) is 0 Å². The zero-order chi connectivity index (χ0) is 26.6. The van der Waals surface area contributed by atoms with Gasteiger partial charge in [-0.05, 0) is 61.9 Å². The molecule has 1 aliphatic heterocycles. The van der Waals surface area contributed by atoms with E-state index < -0.39 is 11.8 Å². The van der Waals surface area contributed by atoms with Gasteiger partial charge >= 0.3 is 5.97 Å². The first-order chi connectivity index (χ1) is 18.4. The second kappa shape index (κ2) is 10.9. The first-order valence-corrected chi connectivity index (χ1v) is 12.7. The highest BCUT2D eigenvalue weighted by atomic mass is 19.1. The summed E-state index contributed by atoms with van der Waals surface area (Å²) < 4.78 is 20.6. The molecule has 0 atom stereocenters. The Hall–Kier alpha value is -4.46. The standard InChI is InChI=1S/C30H29FN4O3/c1-3-38-30(37)27-20-28(35(32-27)25-9-6-8-23(31)19-25)22-11-13-24(14-12-22)33-15-17-34(18-16-33)29(36)26-10-5-4-7-21(26)2/h4-14,19-20H,3,15-18H2,1-2H3. The summed E-state index contributed by atoms with van der Waals surface area (Å²) in [6.07, 6.45) is 0. The van der Waals surface area contributed by atoms with Crippen LogP contribution in [-0.4, -0.2) is 59.3 Å². The number of rotatable bonds is 6. The van der Waals surface area contributed by atoms with Crippen LogP contribution >= 0.6 is 0 Å². The Labute approximate surface area is 221 Å². The number of hydrogen-bond donors (Lipinski definition) is 0. The topological polar surface area (TPSA) is 67.7 Å². The molecule has 1 amide bonds. The third-order valence-electron chi connectivity index (χ3n) is 6.72. The average molecular weight is 513 g/mol. The summed E-state index contributed by atoms with van der Waals surface area (Å²) >= 11 is 0. The zero-order valence-electron chi connectivity index (χ0n) is 21.4. The molecule has 0 saturated carbocycles. The highest BCUT2D eigenvalue weighted by Crippen LogP contribution is 2.28. The number of carbonyl (C=O) groups excluding carboxylic acids is 2. The molecule has 1 saturated heterocycles. The van der Waals surface area contributed by atoms with Crippen LogP contribution in [0.1, 0.15) is 33.3 Å². The molecular weight excluding hydrogens is 483 g/mol. The monoisotopic (exact) mass is 512 g/mol. The molecule has 38 heavy (non-hydrogen) atoms. The molecule has 4 aromatic rings. The predicted octanol–water partition coefficient (Wildman–Crippen LogP) is 5.13. The Morgan fingerprint density at radius 1 is 0.895 bits per heavy atom. The molecule has 8 heteroatoms. The van der Waals surface area contributed by atoms with Crippen molar-refractivity contribution in [1.82, 2.24) is 14.7 Å². The fourth-order valence-electron chi connectivity index (χ4n) is 4.69. The van der Waals surface area contributed by atoms with Crippen LogP contribution in [0.15, 0.2) is 78.9 Å². The van der Waals surface area contributed by atoms with Gasteiger partial charge in [0, 0.05) is 43.0 Å². The maximum absolute atomic E-state index is 14.0. The number of carbonyl (C=O) groups is 2. The third kappa shape index (κ3) is 5.16. The quantitative estimate of drug-likeness (QED) is 0.335. The maximum Gasteiger partial charge on any atom is 0.358 e. The normalized spacial score (nSPS) is 13.4. The Kier molecular flexibility index (Phi) is 7.22. The van der Waals surface area contributed by atoms with Gasteiger partial charge in [-0.2, -0.15) is 5.10 Å². The number of halogens is 1. The largest absolute Gasteiger partial charge is 0.461 e. The van der Waals surface area contributed by atoms with Gasteiger partial charge < -0.3 is 14.5 Å². The fraction of sp³-hybridized carbons (Fsp3) is 0.233. The van der Waals surface area contributed by atoms with E-state index in [1.807, 2.05) is 60.4 Å². The maximum atomic E-state index is 14.0. The number of nitrogens with zero attached hydrogens (tertiary/aromatic N) is 4. The Balaban J connectivity index is 1.34. The van der Waals surface area contributed by atoms with Crippen LogP contribution in [-0.2, 0) is 4.74 Å². The zero-order valence-corrected chi connectivity index (χ0v) is 21.4. The number of amides is 1. The SMILES string of the molecule is CCOC(=O)c1cc(-c2ccc(N3CCN(C(=O)c4ccccc4C)CC3)cc2)n(-c2cccc(F)c2)n1. The first-order valence-electron chi connectivity index (χ1n) is 12.7. The van der Waals surface area contributed by atoms with Crippen molar-refractivity contribution < 1.29 is 18.7 Å². The molecule has 0 spiro atoms. The van der Waals surface area contributed by atoms with Crippen molar-refractivity contribution in [3.05, 3.63) is 102 Å². The minimum absolute atomic E-state index is 0.0705. The van der Waals surface area contributed by atoms with Crippen LogP contribution in [0.25, 0.3) is 16.9 Å². The molecule has 0 aliphatic carbocycles. The van der Waals surface area contributed by atoms with Crippen molar-refractivity contribution in [1.29, 1.82) is 0 Å². The Morgan fingerprint density at radius 3 is 2.32 bits per heavy atom. The van der Waals surface area contributed by atoms with Crippen molar-refractivity contribution >= 4 is 17.6 Å².